The first kappa shape index (κ1) is 17.5. The van der Waals surface area contributed by atoms with Crippen molar-refractivity contribution in [2.75, 3.05) is 23.3 Å². The van der Waals surface area contributed by atoms with Crippen LogP contribution in [0.4, 0.5) is 11.4 Å². The van der Waals surface area contributed by atoms with Gasteiger partial charge < -0.3 is 15.3 Å². The average Bonchev–Trinajstić information content (AvgIpc) is 2.63. The second kappa shape index (κ2) is 7.70. The van der Waals surface area contributed by atoms with Gasteiger partial charge in [-0.15, -0.1) is 0 Å². The zero-order chi connectivity index (χ0) is 17.7. The molecular formula is C21H26N2O2. The van der Waals surface area contributed by atoms with Gasteiger partial charge in [0.25, 0.3) is 0 Å². The maximum atomic E-state index is 12.5. The number of carbonyl (C=O) groups excluding carboxylic acids is 1. The molecular weight excluding hydrogens is 312 g/mol. The van der Waals surface area contributed by atoms with Crippen LogP contribution in [-0.4, -0.2) is 24.1 Å². The number of benzene rings is 2. The predicted octanol–water partition coefficient (Wildman–Crippen LogP) is 3.91. The molecule has 0 bridgehead atoms. The van der Waals surface area contributed by atoms with E-state index in [1.807, 2.05) is 48.5 Å². The lowest BCUT2D eigenvalue weighted by molar-refractivity contribution is -0.120. The van der Waals surface area contributed by atoms with Crippen LogP contribution in [0.15, 0.2) is 54.6 Å². The van der Waals surface area contributed by atoms with Gasteiger partial charge in [0, 0.05) is 13.1 Å². The molecule has 1 aliphatic heterocycles. The normalized spacial score (nSPS) is 17.0. The molecule has 2 aromatic carbocycles. The van der Waals surface area contributed by atoms with Gasteiger partial charge in [0.1, 0.15) is 0 Å². The number of nitrogens with zero attached hydrogens (tertiary/aromatic N) is 1. The van der Waals surface area contributed by atoms with Crippen LogP contribution < -0.4 is 10.2 Å². The Hall–Kier alpha value is -2.33. The van der Waals surface area contributed by atoms with Crippen molar-refractivity contribution in [2.45, 2.75) is 38.2 Å². The van der Waals surface area contributed by atoms with E-state index >= 15 is 0 Å². The minimum absolute atomic E-state index is 0.0192. The Morgan fingerprint density at radius 2 is 1.68 bits per heavy atom. The van der Waals surface area contributed by atoms with Crippen LogP contribution in [0.1, 0.15) is 38.2 Å². The summed E-state index contributed by atoms with van der Waals surface area (Å²) in [6.45, 7) is 3.72. The molecule has 0 saturated carbocycles. The van der Waals surface area contributed by atoms with Crippen LogP contribution in [0.2, 0.25) is 0 Å². The quantitative estimate of drug-likeness (QED) is 0.869. The molecule has 0 spiro atoms. The van der Waals surface area contributed by atoms with Crippen LogP contribution in [-0.2, 0) is 10.4 Å². The molecule has 1 unspecified atom stereocenters. The van der Waals surface area contributed by atoms with E-state index in [0.29, 0.717) is 0 Å². The van der Waals surface area contributed by atoms with Crippen LogP contribution in [0.5, 0.6) is 0 Å². The Kier molecular flexibility index (Phi) is 5.39. The van der Waals surface area contributed by atoms with Crippen molar-refractivity contribution in [2.24, 2.45) is 0 Å². The summed E-state index contributed by atoms with van der Waals surface area (Å²) in [5.74, 6) is -0.182. The number of nitrogens with one attached hydrogen (secondary N) is 1. The molecule has 1 aliphatic rings. The zero-order valence-corrected chi connectivity index (χ0v) is 14.7. The summed E-state index contributed by atoms with van der Waals surface area (Å²) in [6, 6.07) is 17.2. The second-order valence-electron chi connectivity index (χ2n) is 6.93. The molecule has 1 heterocycles. The van der Waals surface area contributed by atoms with Gasteiger partial charge in [0.15, 0.2) is 0 Å². The van der Waals surface area contributed by atoms with Crippen LogP contribution in [0.3, 0.4) is 0 Å². The molecule has 2 aromatic rings. The standard InChI is InChI=1S/C21H26N2O2/c1-21(25,17-10-4-2-5-11-17)16-20(24)22-18-12-6-7-13-19(18)23-14-8-3-9-15-23/h2,4-7,10-13,25H,3,8-9,14-16H2,1H3,(H,22,24). The fraction of sp³-hybridized carbons (Fsp3) is 0.381. The summed E-state index contributed by atoms with van der Waals surface area (Å²) < 4.78 is 0. The number of carbonyl (C=O) groups is 1. The van der Waals surface area contributed by atoms with Crippen molar-refractivity contribution in [3.8, 4) is 0 Å². The molecule has 3 rings (SSSR count). The summed E-state index contributed by atoms with van der Waals surface area (Å²) in [4.78, 5) is 14.9. The number of anilines is 2. The Morgan fingerprint density at radius 3 is 2.40 bits per heavy atom. The topological polar surface area (TPSA) is 52.6 Å². The van der Waals surface area contributed by atoms with Gasteiger partial charge >= 0.3 is 0 Å². The van der Waals surface area contributed by atoms with E-state index in [4.69, 9.17) is 0 Å². The molecule has 1 amide bonds. The van der Waals surface area contributed by atoms with Gasteiger partial charge in [0.2, 0.25) is 5.91 Å². The molecule has 4 heteroatoms. The lowest BCUT2D eigenvalue weighted by Crippen LogP contribution is -2.31. The first-order chi connectivity index (χ1) is 12.1. The Bertz CT molecular complexity index is 707. The van der Waals surface area contributed by atoms with Crippen molar-refractivity contribution >= 4 is 17.3 Å². The molecule has 4 nitrogen and oxygen atoms in total. The van der Waals surface area contributed by atoms with E-state index in [1.165, 1.54) is 19.3 Å². The van der Waals surface area contributed by atoms with E-state index in [0.717, 1.165) is 30.0 Å². The van der Waals surface area contributed by atoms with E-state index in [-0.39, 0.29) is 12.3 Å². The molecule has 1 atom stereocenters. The molecule has 0 aromatic heterocycles. The Labute approximate surface area is 149 Å². The number of hydrogen-bond donors (Lipinski definition) is 2. The number of amides is 1. The molecule has 0 radical (unpaired) electrons. The summed E-state index contributed by atoms with van der Waals surface area (Å²) in [7, 11) is 0. The maximum Gasteiger partial charge on any atom is 0.227 e. The zero-order valence-electron chi connectivity index (χ0n) is 14.7. The predicted molar refractivity (Wildman–Crippen MR) is 102 cm³/mol. The van der Waals surface area contributed by atoms with Crippen molar-refractivity contribution in [1.29, 1.82) is 0 Å². The lowest BCUT2D eigenvalue weighted by atomic mass is 9.92. The first-order valence-corrected chi connectivity index (χ1v) is 8.98. The highest BCUT2D eigenvalue weighted by atomic mass is 16.3. The van der Waals surface area contributed by atoms with Crippen molar-refractivity contribution in [3.05, 3.63) is 60.2 Å². The van der Waals surface area contributed by atoms with Gasteiger partial charge in [-0.2, -0.15) is 0 Å². The highest BCUT2D eigenvalue weighted by Crippen LogP contribution is 2.30. The highest BCUT2D eigenvalue weighted by molar-refractivity contribution is 5.95. The fourth-order valence-corrected chi connectivity index (χ4v) is 3.40. The number of piperidine rings is 1. The third-order valence-corrected chi connectivity index (χ3v) is 4.78. The van der Waals surface area contributed by atoms with E-state index in [9.17, 15) is 9.90 Å². The fourth-order valence-electron chi connectivity index (χ4n) is 3.40. The lowest BCUT2D eigenvalue weighted by Gasteiger charge is -2.31. The smallest absolute Gasteiger partial charge is 0.227 e. The summed E-state index contributed by atoms with van der Waals surface area (Å²) >= 11 is 0. The van der Waals surface area contributed by atoms with Gasteiger partial charge in [-0.05, 0) is 43.9 Å². The van der Waals surface area contributed by atoms with Crippen molar-refractivity contribution in [3.63, 3.8) is 0 Å². The minimum atomic E-state index is -1.19. The molecule has 1 fully saturated rings. The van der Waals surface area contributed by atoms with Gasteiger partial charge in [-0.1, -0.05) is 42.5 Å². The number of para-hydroxylation sites is 2. The van der Waals surface area contributed by atoms with E-state index in [2.05, 4.69) is 16.3 Å². The minimum Gasteiger partial charge on any atom is -0.385 e. The molecule has 0 aliphatic carbocycles. The van der Waals surface area contributed by atoms with Crippen LogP contribution in [0.25, 0.3) is 0 Å². The molecule has 2 N–H and O–H groups in total. The number of rotatable bonds is 5. The molecule has 25 heavy (non-hydrogen) atoms. The van der Waals surface area contributed by atoms with E-state index in [1.54, 1.807) is 6.92 Å². The van der Waals surface area contributed by atoms with Crippen LogP contribution in [0, 0.1) is 0 Å². The Morgan fingerprint density at radius 1 is 1.04 bits per heavy atom. The van der Waals surface area contributed by atoms with Gasteiger partial charge in [-0.25, -0.2) is 0 Å². The first-order valence-electron chi connectivity index (χ1n) is 8.98. The summed E-state index contributed by atoms with van der Waals surface area (Å²) in [5, 5.41) is 13.7. The van der Waals surface area contributed by atoms with Crippen molar-refractivity contribution < 1.29 is 9.90 Å². The number of hydrogen-bond acceptors (Lipinski definition) is 3. The molecule has 132 valence electrons. The maximum absolute atomic E-state index is 12.5. The van der Waals surface area contributed by atoms with Crippen LogP contribution >= 0.6 is 0 Å². The van der Waals surface area contributed by atoms with Crippen molar-refractivity contribution in [1.82, 2.24) is 0 Å². The second-order valence-corrected chi connectivity index (χ2v) is 6.93. The average molecular weight is 338 g/mol. The monoisotopic (exact) mass is 338 g/mol. The third-order valence-electron chi connectivity index (χ3n) is 4.78. The summed E-state index contributed by atoms with van der Waals surface area (Å²) in [6.07, 6.45) is 3.66. The van der Waals surface area contributed by atoms with Gasteiger partial charge in [0.05, 0.1) is 23.4 Å². The highest BCUT2D eigenvalue weighted by Gasteiger charge is 2.27. The Balaban J connectivity index is 1.71. The summed E-state index contributed by atoms with van der Waals surface area (Å²) in [5.41, 5.74) is 1.44. The third kappa shape index (κ3) is 4.40. The number of aliphatic hydroxyl groups is 1. The largest absolute Gasteiger partial charge is 0.385 e. The molecule has 1 saturated heterocycles. The van der Waals surface area contributed by atoms with Gasteiger partial charge in [-0.3, -0.25) is 4.79 Å². The van der Waals surface area contributed by atoms with E-state index < -0.39 is 5.60 Å². The SMILES string of the molecule is CC(O)(CC(=O)Nc1ccccc1N1CCCCC1)c1ccccc1.